The van der Waals surface area contributed by atoms with Crippen LogP contribution in [0.15, 0.2) is 24.3 Å². The first kappa shape index (κ1) is 13.2. The fourth-order valence-electron chi connectivity index (χ4n) is 2.09. The Balaban J connectivity index is 2.80. The molecule has 0 bridgehead atoms. The van der Waals surface area contributed by atoms with Gasteiger partial charge in [0.1, 0.15) is 0 Å². The Morgan fingerprint density at radius 2 is 1.38 bits per heavy atom. The lowest BCUT2D eigenvalue weighted by Crippen LogP contribution is -2.10. The second-order valence-electron chi connectivity index (χ2n) is 4.84. The van der Waals surface area contributed by atoms with Gasteiger partial charge in [-0.1, -0.05) is 64.8 Å². The highest BCUT2D eigenvalue weighted by Crippen LogP contribution is 2.28. The zero-order valence-corrected chi connectivity index (χ0v) is 10.9. The lowest BCUT2D eigenvalue weighted by molar-refractivity contribution is 0.103. The average Bonchev–Trinajstić information content (AvgIpc) is 2.30. The first-order chi connectivity index (χ1) is 7.60. The van der Waals surface area contributed by atoms with Crippen LogP contribution in [-0.4, -0.2) is 5.11 Å². The summed E-state index contributed by atoms with van der Waals surface area (Å²) in [6, 6.07) is 8.40. The van der Waals surface area contributed by atoms with Crippen LogP contribution in [0, 0.1) is 5.92 Å². The minimum Gasteiger partial charge on any atom is -0.388 e. The number of aliphatic hydroxyl groups excluding tert-OH is 1. The Kier molecular flexibility index (Phi) is 5.01. The maximum absolute atomic E-state index is 10.2. The Labute approximate surface area is 99.5 Å². The van der Waals surface area contributed by atoms with Gasteiger partial charge in [0.15, 0.2) is 0 Å². The summed E-state index contributed by atoms with van der Waals surface area (Å²) in [6.45, 7) is 8.65. The molecule has 1 aromatic carbocycles. The van der Waals surface area contributed by atoms with Crippen LogP contribution in [0.5, 0.6) is 0 Å². The number of hydrogen-bond acceptors (Lipinski definition) is 1. The Morgan fingerprint density at radius 3 is 1.75 bits per heavy atom. The molecule has 1 N–H and O–H groups in total. The highest BCUT2D eigenvalue weighted by molar-refractivity contribution is 5.26. The Morgan fingerprint density at radius 1 is 0.938 bits per heavy atom. The molecule has 16 heavy (non-hydrogen) atoms. The van der Waals surface area contributed by atoms with Gasteiger partial charge in [0.25, 0.3) is 0 Å². The SMILES string of the molecule is CCC(CC)C(O)c1ccc(C(C)C)cc1. The lowest BCUT2D eigenvalue weighted by atomic mass is 9.90. The molecular weight excluding hydrogens is 196 g/mol. The van der Waals surface area contributed by atoms with Crippen molar-refractivity contribution in [2.75, 3.05) is 0 Å². The van der Waals surface area contributed by atoms with E-state index in [2.05, 4.69) is 52.0 Å². The topological polar surface area (TPSA) is 20.2 Å². The quantitative estimate of drug-likeness (QED) is 0.785. The van der Waals surface area contributed by atoms with E-state index in [0.29, 0.717) is 11.8 Å². The van der Waals surface area contributed by atoms with E-state index in [1.165, 1.54) is 5.56 Å². The fourth-order valence-corrected chi connectivity index (χ4v) is 2.09. The van der Waals surface area contributed by atoms with E-state index in [4.69, 9.17) is 0 Å². The first-order valence-corrected chi connectivity index (χ1v) is 6.38. The molecule has 1 unspecified atom stereocenters. The van der Waals surface area contributed by atoms with Crippen molar-refractivity contribution in [2.45, 2.75) is 52.6 Å². The maximum Gasteiger partial charge on any atom is 0.0818 e. The molecule has 0 aliphatic heterocycles. The van der Waals surface area contributed by atoms with Crippen LogP contribution in [0.25, 0.3) is 0 Å². The molecule has 0 saturated heterocycles. The van der Waals surface area contributed by atoms with Crippen molar-refractivity contribution >= 4 is 0 Å². The standard InChI is InChI=1S/C15H24O/c1-5-12(6-2)15(16)14-9-7-13(8-10-14)11(3)4/h7-12,15-16H,5-6H2,1-4H3. The second-order valence-corrected chi connectivity index (χ2v) is 4.84. The van der Waals surface area contributed by atoms with Crippen molar-refractivity contribution in [3.8, 4) is 0 Å². The van der Waals surface area contributed by atoms with E-state index < -0.39 is 0 Å². The highest BCUT2D eigenvalue weighted by atomic mass is 16.3. The fraction of sp³-hybridized carbons (Fsp3) is 0.600. The highest BCUT2D eigenvalue weighted by Gasteiger charge is 2.17. The zero-order valence-electron chi connectivity index (χ0n) is 10.9. The molecule has 1 heteroatoms. The van der Waals surface area contributed by atoms with Crippen LogP contribution in [0.4, 0.5) is 0 Å². The van der Waals surface area contributed by atoms with Gasteiger partial charge in [-0.25, -0.2) is 0 Å². The van der Waals surface area contributed by atoms with E-state index in [0.717, 1.165) is 18.4 Å². The largest absolute Gasteiger partial charge is 0.388 e. The number of aliphatic hydroxyl groups is 1. The van der Waals surface area contributed by atoms with Crippen LogP contribution in [0.1, 0.15) is 63.7 Å². The van der Waals surface area contributed by atoms with E-state index in [9.17, 15) is 5.11 Å². The summed E-state index contributed by atoms with van der Waals surface area (Å²) in [5.41, 5.74) is 2.39. The van der Waals surface area contributed by atoms with E-state index in [1.54, 1.807) is 0 Å². The molecule has 1 aromatic rings. The number of rotatable bonds is 5. The van der Waals surface area contributed by atoms with Crippen molar-refractivity contribution in [1.82, 2.24) is 0 Å². The van der Waals surface area contributed by atoms with Gasteiger partial charge in [0.05, 0.1) is 6.10 Å². The summed E-state index contributed by atoms with van der Waals surface area (Å²) < 4.78 is 0. The summed E-state index contributed by atoms with van der Waals surface area (Å²) in [4.78, 5) is 0. The third kappa shape index (κ3) is 3.08. The summed E-state index contributed by atoms with van der Waals surface area (Å²) in [5, 5.41) is 10.2. The molecule has 0 aliphatic carbocycles. The maximum atomic E-state index is 10.2. The number of hydrogen-bond donors (Lipinski definition) is 1. The van der Waals surface area contributed by atoms with Gasteiger partial charge in [-0.05, 0) is 23.0 Å². The van der Waals surface area contributed by atoms with Crippen molar-refractivity contribution < 1.29 is 5.11 Å². The van der Waals surface area contributed by atoms with Gasteiger partial charge in [-0.2, -0.15) is 0 Å². The molecule has 0 fully saturated rings. The van der Waals surface area contributed by atoms with Crippen LogP contribution in [0.3, 0.4) is 0 Å². The molecule has 0 radical (unpaired) electrons. The molecule has 1 atom stereocenters. The molecule has 90 valence electrons. The number of benzene rings is 1. The molecule has 0 amide bonds. The van der Waals surface area contributed by atoms with Crippen LogP contribution in [0.2, 0.25) is 0 Å². The molecule has 0 spiro atoms. The van der Waals surface area contributed by atoms with E-state index in [1.807, 2.05) is 0 Å². The summed E-state index contributed by atoms with van der Waals surface area (Å²) in [5.74, 6) is 0.934. The first-order valence-electron chi connectivity index (χ1n) is 6.38. The van der Waals surface area contributed by atoms with E-state index >= 15 is 0 Å². The van der Waals surface area contributed by atoms with Gasteiger partial charge in [-0.3, -0.25) is 0 Å². The van der Waals surface area contributed by atoms with Crippen molar-refractivity contribution in [3.05, 3.63) is 35.4 Å². The molecule has 1 rings (SSSR count). The van der Waals surface area contributed by atoms with E-state index in [-0.39, 0.29) is 6.10 Å². The van der Waals surface area contributed by atoms with Gasteiger partial charge in [-0.15, -0.1) is 0 Å². The predicted molar refractivity (Wildman–Crippen MR) is 69.6 cm³/mol. The van der Waals surface area contributed by atoms with Crippen molar-refractivity contribution in [2.24, 2.45) is 5.92 Å². The summed E-state index contributed by atoms with van der Waals surface area (Å²) >= 11 is 0. The van der Waals surface area contributed by atoms with Gasteiger partial charge < -0.3 is 5.11 Å². The van der Waals surface area contributed by atoms with Crippen LogP contribution >= 0.6 is 0 Å². The smallest absolute Gasteiger partial charge is 0.0818 e. The average molecular weight is 220 g/mol. The van der Waals surface area contributed by atoms with Gasteiger partial charge in [0, 0.05) is 0 Å². The molecule has 0 saturated carbocycles. The molecule has 0 heterocycles. The predicted octanol–water partition coefficient (Wildman–Crippen LogP) is 4.28. The normalized spacial score (nSPS) is 13.4. The van der Waals surface area contributed by atoms with Crippen LogP contribution < -0.4 is 0 Å². The molecule has 0 aliphatic rings. The summed E-state index contributed by atoms with van der Waals surface area (Å²) in [7, 11) is 0. The van der Waals surface area contributed by atoms with Crippen molar-refractivity contribution in [3.63, 3.8) is 0 Å². The molecular formula is C15H24O. The van der Waals surface area contributed by atoms with Crippen molar-refractivity contribution in [1.29, 1.82) is 0 Å². The Bertz CT molecular complexity index is 296. The minimum atomic E-state index is -0.309. The minimum absolute atomic E-state index is 0.309. The van der Waals surface area contributed by atoms with Crippen LogP contribution in [-0.2, 0) is 0 Å². The third-order valence-corrected chi connectivity index (χ3v) is 3.44. The summed E-state index contributed by atoms with van der Waals surface area (Å²) in [6.07, 6.45) is 1.75. The zero-order chi connectivity index (χ0) is 12.1. The van der Waals surface area contributed by atoms with Gasteiger partial charge >= 0.3 is 0 Å². The second kappa shape index (κ2) is 6.05. The lowest BCUT2D eigenvalue weighted by Gasteiger charge is -2.20. The Hall–Kier alpha value is -0.820. The monoisotopic (exact) mass is 220 g/mol. The third-order valence-electron chi connectivity index (χ3n) is 3.44. The molecule has 1 nitrogen and oxygen atoms in total. The van der Waals surface area contributed by atoms with Gasteiger partial charge in [0.2, 0.25) is 0 Å². The molecule has 0 aromatic heterocycles.